The number of carbonyl (C=O) groups is 2. The molecule has 9 heteroatoms. The fourth-order valence-electron chi connectivity index (χ4n) is 1.66. The Hall–Kier alpha value is -3.23. The minimum absolute atomic E-state index is 0.0298. The highest BCUT2D eigenvalue weighted by molar-refractivity contribution is 5.99. The minimum atomic E-state index is -1.28. The lowest BCUT2D eigenvalue weighted by Crippen LogP contribution is -2.25. The first-order chi connectivity index (χ1) is 9.95. The molecule has 0 spiro atoms. The van der Waals surface area contributed by atoms with E-state index in [1.807, 2.05) is 4.98 Å². The van der Waals surface area contributed by atoms with Gasteiger partial charge in [-0.3, -0.25) is 14.6 Å². The quantitative estimate of drug-likeness (QED) is 0.588. The number of rotatable bonds is 4. The molecule has 0 unspecified atom stereocenters. The van der Waals surface area contributed by atoms with Crippen LogP contribution in [-0.2, 0) is 11.2 Å². The summed E-state index contributed by atoms with van der Waals surface area (Å²) in [5, 5.41) is 11.3. The highest BCUT2D eigenvalue weighted by atomic mass is 16.4. The second-order valence-corrected chi connectivity index (χ2v) is 4.04. The first-order valence-electron chi connectivity index (χ1n) is 5.76. The summed E-state index contributed by atoms with van der Waals surface area (Å²) in [5.74, 6) is -1.87. The van der Waals surface area contributed by atoms with E-state index in [0.29, 0.717) is 0 Å². The van der Waals surface area contributed by atoms with Crippen molar-refractivity contribution in [1.29, 1.82) is 0 Å². The number of H-pyrrole nitrogens is 2. The summed E-state index contributed by atoms with van der Waals surface area (Å²) in [6, 6.07) is 3.92. The molecule has 0 aliphatic carbocycles. The van der Waals surface area contributed by atoms with Crippen molar-refractivity contribution in [2.75, 3.05) is 5.32 Å². The van der Waals surface area contributed by atoms with E-state index in [1.165, 1.54) is 18.3 Å². The number of aromatic nitrogens is 3. The Labute approximate surface area is 116 Å². The average Bonchev–Trinajstić information content (AvgIpc) is 2.37. The molecule has 0 radical (unpaired) electrons. The van der Waals surface area contributed by atoms with Gasteiger partial charge >= 0.3 is 11.7 Å². The van der Waals surface area contributed by atoms with Gasteiger partial charge < -0.3 is 15.4 Å². The number of hydrogen-bond acceptors (Lipinski definition) is 5. The second-order valence-electron chi connectivity index (χ2n) is 4.04. The predicted molar refractivity (Wildman–Crippen MR) is 71.2 cm³/mol. The zero-order valence-electron chi connectivity index (χ0n) is 10.5. The molecule has 0 aliphatic rings. The van der Waals surface area contributed by atoms with Crippen molar-refractivity contribution in [3.8, 4) is 0 Å². The summed E-state index contributed by atoms with van der Waals surface area (Å²) in [6.07, 6.45) is 1.00. The Morgan fingerprint density at radius 1 is 1.29 bits per heavy atom. The number of hydrogen-bond donors (Lipinski definition) is 4. The molecule has 2 heterocycles. The molecule has 1 amide bonds. The molecule has 0 saturated carbocycles. The van der Waals surface area contributed by atoms with Gasteiger partial charge in [-0.1, -0.05) is 0 Å². The Morgan fingerprint density at radius 3 is 2.71 bits per heavy atom. The number of aromatic amines is 2. The van der Waals surface area contributed by atoms with E-state index in [1.54, 1.807) is 0 Å². The van der Waals surface area contributed by atoms with Crippen molar-refractivity contribution < 1.29 is 14.7 Å². The Kier molecular flexibility index (Phi) is 3.93. The van der Waals surface area contributed by atoms with Gasteiger partial charge in [0.15, 0.2) is 5.69 Å². The molecule has 9 nitrogen and oxygen atoms in total. The largest absolute Gasteiger partial charge is 0.476 e. The van der Waals surface area contributed by atoms with Crippen LogP contribution in [0.5, 0.6) is 0 Å². The predicted octanol–water partition coefficient (Wildman–Crippen LogP) is -0.662. The van der Waals surface area contributed by atoms with Crippen molar-refractivity contribution >= 4 is 17.6 Å². The van der Waals surface area contributed by atoms with Crippen LogP contribution in [-0.4, -0.2) is 31.9 Å². The van der Waals surface area contributed by atoms with E-state index in [9.17, 15) is 19.2 Å². The van der Waals surface area contributed by atoms with E-state index in [-0.39, 0.29) is 23.5 Å². The van der Waals surface area contributed by atoms with Gasteiger partial charge in [0.25, 0.3) is 5.56 Å². The smallest absolute Gasteiger partial charge is 0.356 e. The first kappa shape index (κ1) is 14.2. The lowest BCUT2D eigenvalue weighted by Gasteiger charge is -2.07. The molecule has 0 saturated heterocycles. The summed E-state index contributed by atoms with van der Waals surface area (Å²) in [7, 11) is 0. The topological polar surface area (TPSA) is 145 Å². The maximum atomic E-state index is 11.8. The molecule has 0 aliphatic heterocycles. The highest BCUT2D eigenvalue weighted by Crippen LogP contribution is 2.12. The standard InChI is InChI=1S/C12H10N4O5/c17-8(4-6-5-9(18)16-12(21)14-6)15-7-2-1-3-13-10(7)11(19)20/h1-3,5H,4H2,(H,15,17)(H,19,20)(H2,14,16,18,21). The molecule has 21 heavy (non-hydrogen) atoms. The number of carbonyl (C=O) groups excluding carboxylic acids is 1. The van der Waals surface area contributed by atoms with E-state index in [4.69, 9.17) is 5.11 Å². The van der Waals surface area contributed by atoms with Crippen molar-refractivity contribution in [2.24, 2.45) is 0 Å². The molecule has 2 rings (SSSR count). The molecule has 108 valence electrons. The van der Waals surface area contributed by atoms with Gasteiger partial charge in [0.05, 0.1) is 12.1 Å². The molecule has 0 atom stereocenters. The van der Waals surface area contributed by atoms with Crippen LogP contribution in [0.4, 0.5) is 5.69 Å². The average molecular weight is 290 g/mol. The molecule has 2 aromatic rings. The Morgan fingerprint density at radius 2 is 2.05 bits per heavy atom. The number of anilines is 1. The summed E-state index contributed by atoms with van der Waals surface area (Å²) >= 11 is 0. The van der Waals surface area contributed by atoms with Crippen molar-refractivity contribution in [3.63, 3.8) is 0 Å². The summed E-state index contributed by atoms with van der Waals surface area (Å²) in [6.45, 7) is 0. The summed E-state index contributed by atoms with van der Waals surface area (Å²) in [4.78, 5) is 52.8. The number of amides is 1. The van der Waals surface area contributed by atoms with Gasteiger partial charge in [-0.25, -0.2) is 14.6 Å². The molecule has 0 fully saturated rings. The molecular formula is C12H10N4O5. The number of aromatic carboxylic acids is 1. The maximum Gasteiger partial charge on any atom is 0.356 e. The lowest BCUT2D eigenvalue weighted by atomic mass is 10.2. The van der Waals surface area contributed by atoms with Crippen molar-refractivity contribution in [1.82, 2.24) is 15.0 Å². The van der Waals surface area contributed by atoms with Gasteiger partial charge in [-0.2, -0.15) is 0 Å². The highest BCUT2D eigenvalue weighted by Gasteiger charge is 2.14. The lowest BCUT2D eigenvalue weighted by molar-refractivity contribution is -0.115. The third-order valence-corrected chi connectivity index (χ3v) is 2.45. The molecule has 0 bridgehead atoms. The van der Waals surface area contributed by atoms with Gasteiger partial charge in [0.1, 0.15) is 0 Å². The van der Waals surface area contributed by atoms with Gasteiger partial charge in [0, 0.05) is 18.0 Å². The summed E-state index contributed by atoms with van der Waals surface area (Å²) < 4.78 is 0. The normalized spacial score (nSPS) is 10.1. The molecule has 2 aromatic heterocycles. The van der Waals surface area contributed by atoms with Gasteiger partial charge in [-0.15, -0.1) is 0 Å². The molecular weight excluding hydrogens is 280 g/mol. The van der Waals surface area contributed by atoms with Gasteiger partial charge in [0.2, 0.25) is 5.91 Å². The maximum absolute atomic E-state index is 11.8. The van der Waals surface area contributed by atoms with Crippen LogP contribution in [0.25, 0.3) is 0 Å². The summed E-state index contributed by atoms with van der Waals surface area (Å²) in [5.41, 5.74) is -1.51. The van der Waals surface area contributed by atoms with E-state index in [2.05, 4.69) is 15.3 Å². The minimum Gasteiger partial charge on any atom is -0.476 e. The monoisotopic (exact) mass is 290 g/mol. The van der Waals surface area contributed by atoms with E-state index >= 15 is 0 Å². The number of carboxylic acid groups (broad SMARTS) is 1. The Bertz CT molecular complexity index is 779. The number of nitrogens with zero attached hydrogens (tertiary/aromatic N) is 1. The number of carboxylic acids is 1. The van der Waals surface area contributed by atoms with Crippen molar-refractivity contribution in [2.45, 2.75) is 6.42 Å². The Balaban J connectivity index is 2.17. The van der Waals surface area contributed by atoms with Crippen LogP contribution >= 0.6 is 0 Å². The van der Waals surface area contributed by atoms with E-state index < -0.39 is 23.1 Å². The number of pyridine rings is 1. The van der Waals surface area contributed by atoms with Gasteiger partial charge in [-0.05, 0) is 12.1 Å². The molecule has 4 N–H and O–H groups in total. The van der Waals surface area contributed by atoms with E-state index in [0.717, 1.165) is 6.07 Å². The van der Waals surface area contributed by atoms with Crippen LogP contribution in [0.3, 0.4) is 0 Å². The fourth-order valence-corrected chi connectivity index (χ4v) is 1.66. The molecule has 0 aromatic carbocycles. The van der Waals surface area contributed by atoms with Crippen molar-refractivity contribution in [3.05, 3.63) is 56.6 Å². The van der Waals surface area contributed by atoms with Crippen LogP contribution in [0.1, 0.15) is 16.2 Å². The second kappa shape index (κ2) is 5.82. The third-order valence-electron chi connectivity index (χ3n) is 2.45. The zero-order chi connectivity index (χ0) is 15.4. The fraction of sp³-hybridized carbons (Fsp3) is 0.0833. The number of nitrogens with one attached hydrogen (secondary N) is 3. The van der Waals surface area contributed by atoms with Crippen LogP contribution in [0.2, 0.25) is 0 Å². The SMILES string of the molecule is O=C(Cc1cc(=O)[nH]c(=O)[nH]1)Nc1cccnc1C(=O)O. The third kappa shape index (κ3) is 3.62. The van der Waals surface area contributed by atoms with Crippen LogP contribution in [0, 0.1) is 0 Å². The van der Waals surface area contributed by atoms with Crippen LogP contribution < -0.4 is 16.6 Å². The van der Waals surface area contributed by atoms with Crippen LogP contribution in [0.15, 0.2) is 34.0 Å². The first-order valence-corrected chi connectivity index (χ1v) is 5.76. The zero-order valence-corrected chi connectivity index (χ0v) is 10.5.